The zero-order chi connectivity index (χ0) is 15.5. The molecule has 0 spiro atoms. The monoisotopic (exact) mass is 331 g/mol. The number of halogens is 1. The number of benzene rings is 2. The highest BCUT2D eigenvalue weighted by Gasteiger charge is 2.14. The molecule has 0 bridgehead atoms. The van der Waals surface area contributed by atoms with E-state index in [4.69, 9.17) is 11.6 Å². The van der Waals surface area contributed by atoms with Crippen molar-refractivity contribution in [2.45, 2.75) is 0 Å². The summed E-state index contributed by atoms with van der Waals surface area (Å²) in [5.41, 5.74) is 0.590. The molecule has 0 radical (unpaired) electrons. The van der Waals surface area contributed by atoms with Gasteiger partial charge in [0.15, 0.2) is 0 Å². The Bertz CT molecular complexity index is 874. The third-order valence-corrected chi connectivity index (χ3v) is 4.12. The SMILES string of the molecule is O=C(Nc1nc(=O)n(-c2ccccc2)s1)c1ccccc1Cl. The van der Waals surface area contributed by atoms with Gasteiger partial charge in [0.05, 0.1) is 16.3 Å². The zero-order valence-corrected chi connectivity index (χ0v) is 12.8. The first-order valence-electron chi connectivity index (χ1n) is 6.37. The molecule has 2 aromatic carbocycles. The summed E-state index contributed by atoms with van der Waals surface area (Å²) < 4.78 is 1.40. The van der Waals surface area contributed by atoms with E-state index in [2.05, 4.69) is 10.3 Å². The van der Waals surface area contributed by atoms with Crippen LogP contribution >= 0.6 is 23.1 Å². The summed E-state index contributed by atoms with van der Waals surface area (Å²) in [6.45, 7) is 0. The quantitative estimate of drug-likeness (QED) is 0.801. The van der Waals surface area contributed by atoms with Gasteiger partial charge in [0.1, 0.15) is 0 Å². The molecule has 0 aliphatic carbocycles. The second-order valence-electron chi connectivity index (χ2n) is 4.35. The van der Waals surface area contributed by atoms with Crippen LogP contribution in [0.2, 0.25) is 5.02 Å². The molecule has 0 atom stereocenters. The number of amides is 1. The molecule has 3 rings (SSSR count). The molecule has 110 valence electrons. The Balaban J connectivity index is 1.87. The average molecular weight is 332 g/mol. The van der Waals surface area contributed by atoms with Crippen LogP contribution in [0.25, 0.3) is 5.69 Å². The minimum absolute atomic E-state index is 0.221. The Morgan fingerprint density at radius 2 is 1.77 bits per heavy atom. The van der Waals surface area contributed by atoms with Gasteiger partial charge in [0, 0.05) is 0 Å². The van der Waals surface area contributed by atoms with Crippen LogP contribution in [0, 0.1) is 0 Å². The number of aromatic nitrogens is 2. The molecule has 1 amide bonds. The summed E-state index contributed by atoms with van der Waals surface area (Å²) in [5.74, 6) is -0.403. The molecule has 22 heavy (non-hydrogen) atoms. The van der Waals surface area contributed by atoms with Gasteiger partial charge in [-0.25, -0.2) is 8.75 Å². The van der Waals surface area contributed by atoms with Crippen molar-refractivity contribution in [3.63, 3.8) is 0 Å². The minimum Gasteiger partial charge on any atom is -0.296 e. The summed E-state index contributed by atoms with van der Waals surface area (Å²) in [6, 6.07) is 15.8. The Morgan fingerprint density at radius 1 is 1.09 bits per heavy atom. The molecule has 0 saturated carbocycles. The normalized spacial score (nSPS) is 10.4. The van der Waals surface area contributed by atoms with Gasteiger partial charge in [-0.2, -0.15) is 4.98 Å². The molecule has 5 nitrogen and oxygen atoms in total. The Morgan fingerprint density at radius 3 is 2.50 bits per heavy atom. The van der Waals surface area contributed by atoms with Crippen molar-refractivity contribution in [3.8, 4) is 5.69 Å². The van der Waals surface area contributed by atoms with Gasteiger partial charge in [-0.1, -0.05) is 41.9 Å². The molecule has 1 aromatic heterocycles. The fourth-order valence-electron chi connectivity index (χ4n) is 1.87. The number of carbonyl (C=O) groups excluding carboxylic acids is 1. The van der Waals surface area contributed by atoms with E-state index >= 15 is 0 Å². The summed E-state index contributed by atoms with van der Waals surface area (Å²) in [6.07, 6.45) is 0. The van der Waals surface area contributed by atoms with Crippen LogP contribution in [0.4, 0.5) is 5.13 Å². The number of para-hydroxylation sites is 1. The van der Waals surface area contributed by atoms with E-state index in [1.165, 1.54) is 3.96 Å². The highest BCUT2D eigenvalue weighted by molar-refractivity contribution is 7.10. The number of nitrogens with zero attached hydrogens (tertiary/aromatic N) is 2. The molecular formula is C15H10ClN3O2S. The summed E-state index contributed by atoms with van der Waals surface area (Å²) in [4.78, 5) is 27.9. The van der Waals surface area contributed by atoms with E-state index in [1.807, 2.05) is 18.2 Å². The number of hydrogen-bond donors (Lipinski definition) is 1. The molecule has 1 N–H and O–H groups in total. The van der Waals surface area contributed by atoms with E-state index in [1.54, 1.807) is 36.4 Å². The largest absolute Gasteiger partial charge is 0.364 e. The Labute approximate surface area is 135 Å². The lowest BCUT2D eigenvalue weighted by molar-refractivity contribution is 0.102. The van der Waals surface area contributed by atoms with Crippen molar-refractivity contribution in [2.75, 3.05) is 5.32 Å². The first kappa shape index (κ1) is 14.5. The maximum absolute atomic E-state index is 12.2. The molecule has 7 heteroatoms. The topological polar surface area (TPSA) is 64.0 Å². The van der Waals surface area contributed by atoms with Crippen LogP contribution in [0.15, 0.2) is 59.4 Å². The number of hydrogen-bond acceptors (Lipinski definition) is 4. The molecule has 0 aliphatic rings. The van der Waals surface area contributed by atoms with E-state index in [0.717, 1.165) is 11.5 Å². The van der Waals surface area contributed by atoms with Gasteiger partial charge >= 0.3 is 5.69 Å². The van der Waals surface area contributed by atoms with Crippen LogP contribution in [0.3, 0.4) is 0 Å². The molecule has 1 heterocycles. The van der Waals surface area contributed by atoms with Crippen molar-refractivity contribution in [1.29, 1.82) is 0 Å². The van der Waals surface area contributed by atoms with Crippen LogP contribution in [0.1, 0.15) is 10.4 Å². The van der Waals surface area contributed by atoms with E-state index in [9.17, 15) is 9.59 Å². The molecule has 0 saturated heterocycles. The predicted molar refractivity (Wildman–Crippen MR) is 87.1 cm³/mol. The van der Waals surface area contributed by atoms with Crippen molar-refractivity contribution >= 4 is 34.2 Å². The maximum atomic E-state index is 12.2. The minimum atomic E-state index is -0.439. The molecular weight excluding hydrogens is 322 g/mol. The van der Waals surface area contributed by atoms with Gasteiger partial charge in [0.2, 0.25) is 5.13 Å². The van der Waals surface area contributed by atoms with E-state index in [0.29, 0.717) is 16.3 Å². The number of rotatable bonds is 3. The predicted octanol–water partition coefficient (Wildman–Crippen LogP) is 3.20. The second kappa shape index (κ2) is 6.13. The van der Waals surface area contributed by atoms with E-state index in [-0.39, 0.29) is 5.13 Å². The third-order valence-electron chi connectivity index (χ3n) is 2.88. The second-order valence-corrected chi connectivity index (χ2v) is 5.70. The van der Waals surface area contributed by atoms with Crippen LogP contribution in [0.5, 0.6) is 0 Å². The summed E-state index contributed by atoms with van der Waals surface area (Å²) in [5, 5.41) is 3.16. The first-order valence-corrected chi connectivity index (χ1v) is 7.52. The van der Waals surface area contributed by atoms with Crippen molar-refractivity contribution in [1.82, 2.24) is 8.94 Å². The first-order chi connectivity index (χ1) is 10.6. The van der Waals surface area contributed by atoms with Gasteiger partial charge in [-0.05, 0) is 35.8 Å². The highest BCUT2D eigenvalue weighted by atomic mass is 35.5. The number of nitrogens with one attached hydrogen (secondary N) is 1. The third kappa shape index (κ3) is 2.93. The fourth-order valence-corrected chi connectivity index (χ4v) is 2.86. The standard InChI is InChI=1S/C15H10ClN3O2S/c16-12-9-5-4-8-11(12)13(20)17-14-18-15(21)19(22-14)10-6-2-1-3-7-10/h1-9H,(H,17,18,20,21). The van der Waals surface area contributed by atoms with Crippen LogP contribution < -0.4 is 11.0 Å². The highest BCUT2D eigenvalue weighted by Crippen LogP contribution is 2.19. The van der Waals surface area contributed by atoms with E-state index < -0.39 is 11.6 Å². The lowest BCUT2D eigenvalue weighted by Gasteiger charge is -2.02. The smallest absolute Gasteiger partial charge is 0.296 e. The summed E-state index contributed by atoms with van der Waals surface area (Å²) >= 11 is 7.03. The number of carbonyl (C=O) groups is 1. The Hall–Kier alpha value is -2.44. The lowest BCUT2D eigenvalue weighted by Crippen LogP contribution is -2.15. The zero-order valence-electron chi connectivity index (χ0n) is 11.2. The van der Waals surface area contributed by atoms with Gasteiger partial charge in [0.25, 0.3) is 5.91 Å². The lowest BCUT2D eigenvalue weighted by atomic mass is 10.2. The van der Waals surface area contributed by atoms with Crippen molar-refractivity contribution in [3.05, 3.63) is 75.7 Å². The summed E-state index contributed by atoms with van der Waals surface area (Å²) in [7, 11) is 0. The van der Waals surface area contributed by atoms with Crippen LogP contribution in [-0.4, -0.2) is 14.8 Å². The van der Waals surface area contributed by atoms with Crippen molar-refractivity contribution in [2.24, 2.45) is 0 Å². The average Bonchev–Trinajstić information content (AvgIpc) is 2.89. The fraction of sp³-hybridized carbons (Fsp3) is 0. The van der Waals surface area contributed by atoms with Gasteiger partial charge in [-0.3, -0.25) is 10.1 Å². The maximum Gasteiger partial charge on any atom is 0.364 e. The number of anilines is 1. The Kier molecular flexibility index (Phi) is 4.04. The van der Waals surface area contributed by atoms with Gasteiger partial charge < -0.3 is 0 Å². The molecule has 0 aliphatic heterocycles. The molecule has 3 aromatic rings. The van der Waals surface area contributed by atoms with Crippen molar-refractivity contribution < 1.29 is 4.79 Å². The van der Waals surface area contributed by atoms with Crippen LogP contribution in [-0.2, 0) is 0 Å². The van der Waals surface area contributed by atoms with Gasteiger partial charge in [-0.15, -0.1) is 0 Å². The molecule has 0 fully saturated rings. The molecule has 0 unspecified atom stereocenters.